The highest BCUT2D eigenvalue weighted by Crippen LogP contribution is 2.46. The largest absolute Gasteiger partial charge is 0.454 e. The number of cyclic esters (lactones) is 1. The first-order valence-corrected chi connectivity index (χ1v) is 10.0. The van der Waals surface area contributed by atoms with Crippen molar-refractivity contribution in [3.63, 3.8) is 0 Å². The number of nitrogens with zero attached hydrogens (tertiary/aromatic N) is 1. The number of halogens is 1. The fourth-order valence-corrected chi connectivity index (χ4v) is 4.32. The van der Waals surface area contributed by atoms with Gasteiger partial charge in [-0.05, 0) is 64.2 Å². The molecule has 2 heterocycles. The number of esters is 1. The molecule has 0 aromatic heterocycles. The average Bonchev–Trinajstić information content (AvgIpc) is 2.60. The lowest BCUT2D eigenvalue weighted by Crippen LogP contribution is -2.52. The van der Waals surface area contributed by atoms with Crippen molar-refractivity contribution in [2.75, 3.05) is 13.1 Å². The third kappa shape index (κ3) is 4.57. The Hall–Kier alpha value is -1.75. The Labute approximate surface area is 166 Å². The smallest absolute Gasteiger partial charge is 0.410 e. The quantitative estimate of drug-likeness (QED) is 0.670. The van der Waals surface area contributed by atoms with E-state index in [1.807, 2.05) is 45.0 Å². The van der Waals surface area contributed by atoms with Gasteiger partial charge in [-0.1, -0.05) is 23.7 Å². The van der Waals surface area contributed by atoms with E-state index in [0.717, 1.165) is 31.2 Å². The fourth-order valence-electron chi connectivity index (χ4n) is 4.13. The second kappa shape index (κ2) is 7.70. The summed E-state index contributed by atoms with van der Waals surface area (Å²) in [5.41, 5.74) is -0.355. The Balaban J connectivity index is 1.88. The standard InChI is InChI=1S/C21H28ClNO4/c1-20(2,3)27-19(25)23-12-6-8-16(14-23)21(11-5-10-18(24)26-21)15-7-4-9-17(22)13-15/h4,7,9,13,16H,5-6,8,10-12,14H2,1-3H3/t16?,21-/m1/s1. The van der Waals surface area contributed by atoms with Gasteiger partial charge in [0.15, 0.2) is 0 Å². The molecule has 2 saturated heterocycles. The molecule has 1 unspecified atom stereocenters. The number of piperidine rings is 1. The highest BCUT2D eigenvalue weighted by Gasteiger charge is 2.48. The molecule has 0 saturated carbocycles. The summed E-state index contributed by atoms with van der Waals surface area (Å²) in [4.78, 5) is 26.5. The van der Waals surface area contributed by atoms with Gasteiger partial charge in [0.05, 0.1) is 0 Å². The number of likely N-dealkylation sites (tertiary alicyclic amines) is 1. The molecule has 0 bridgehead atoms. The van der Waals surface area contributed by atoms with Gasteiger partial charge in [-0.2, -0.15) is 0 Å². The molecule has 6 heteroatoms. The van der Waals surface area contributed by atoms with Crippen LogP contribution in [0, 0.1) is 5.92 Å². The van der Waals surface area contributed by atoms with Gasteiger partial charge >= 0.3 is 12.1 Å². The molecule has 0 spiro atoms. The Morgan fingerprint density at radius 3 is 2.78 bits per heavy atom. The lowest BCUT2D eigenvalue weighted by atomic mass is 9.73. The molecule has 1 aromatic rings. The van der Waals surface area contributed by atoms with Crippen molar-refractivity contribution in [2.24, 2.45) is 5.92 Å². The molecule has 3 rings (SSSR count). The van der Waals surface area contributed by atoms with Crippen molar-refractivity contribution >= 4 is 23.7 Å². The zero-order chi connectivity index (χ0) is 19.7. The normalized spacial score (nSPS) is 26.4. The van der Waals surface area contributed by atoms with Gasteiger partial charge in [0.2, 0.25) is 0 Å². The zero-order valence-corrected chi connectivity index (χ0v) is 17.1. The molecule has 1 amide bonds. The van der Waals surface area contributed by atoms with Gasteiger partial charge in [0, 0.05) is 30.5 Å². The van der Waals surface area contributed by atoms with Gasteiger partial charge < -0.3 is 14.4 Å². The summed E-state index contributed by atoms with van der Waals surface area (Å²) in [5.74, 6) is -0.169. The van der Waals surface area contributed by atoms with Crippen LogP contribution >= 0.6 is 11.6 Å². The fraction of sp³-hybridized carbons (Fsp3) is 0.619. The van der Waals surface area contributed by atoms with Gasteiger partial charge in [0.1, 0.15) is 11.2 Å². The maximum Gasteiger partial charge on any atom is 0.410 e. The molecular weight excluding hydrogens is 366 g/mol. The number of benzene rings is 1. The van der Waals surface area contributed by atoms with E-state index < -0.39 is 11.2 Å². The van der Waals surface area contributed by atoms with E-state index in [1.165, 1.54) is 0 Å². The van der Waals surface area contributed by atoms with Crippen molar-refractivity contribution < 1.29 is 19.1 Å². The molecule has 5 nitrogen and oxygen atoms in total. The Morgan fingerprint density at radius 2 is 2.11 bits per heavy atom. The Bertz CT molecular complexity index is 714. The monoisotopic (exact) mass is 393 g/mol. The Kier molecular flexibility index (Phi) is 5.71. The van der Waals surface area contributed by atoms with Crippen LogP contribution in [0.4, 0.5) is 4.79 Å². The zero-order valence-electron chi connectivity index (χ0n) is 16.3. The number of rotatable bonds is 2. The van der Waals surface area contributed by atoms with E-state index in [1.54, 1.807) is 4.90 Å². The van der Waals surface area contributed by atoms with Crippen molar-refractivity contribution in [1.82, 2.24) is 4.90 Å². The lowest BCUT2D eigenvalue weighted by Gasteiger charge is -2.47. The molecule has 148 valence electrons. The van der Waals surface area contributed by atoms with Crippen LogP contribution in [-0.4, -0.2) is 35.7 Å². The van der Waals surface area contributed by atoms with Crippen molar-refractivity contribution in [2.45, 2.75) is 64.1 Å². The first-order valence-electron chi connectivity index (χ1n) is 9.65. The summed E-state index contributed by atoms with van der Waals surface area (Å²) in [7, 11) is 0. The number of carbonyl (C=O) groups excluding carboxylic acids is 2. The first-order chi connectivity index (χ1) is 12.7. The van der Waals surface area contributed by atoms with Crippen molar-refractivity contribution in [3.8, 4) is 0 Å². The van der Waals surface area contributed by atoms with Crippen LogP contribution in [-0.2, 0) is 19.9 Å². The van der Waals surface area contributed by atoms with Crippen molar-refractivity contribution in [1.29, 1.82) is 0 Å². The van der Waals surface area contributed by atoms with E-state index in [9.17, 15) is 9.59 Å². The minimum absolute atomic E-state index is 0.0153. The molecule has 0 radical (unpaired) electrons. The molecule has 0 aliphatic carbocycles. The topological polar surface area (TPSA) is 55.8 Å². The molecule has 27 heavy (non-hydrogen) atoms. The minimum atomic E-state index is -0.735. The second-order valence-electron chi connectivity index (χ2n) is 8.49. The van der Waals surface area contributed by atoms with E-state index in [-0.39, 0.29) is 18.0 Å². The summed E-state index contributed by atoms with van der Waals surface area (Å²) >= 11 is 6.23. The summed E-state index contributed by atoms with van der Waals surface area (Å²) in [6.45, 7) is 6.76. The van der Waals surface area contributed by atoms with Gasteiger partial charge in [-0.3, -0.25) is 4.79 Å². The minimum Gasteiger partial charge on any atom is -0.454 e. The summed E-state index contributed by atoms with van der Waals surface area (Å²) in [6, 6.07) is 7.55. The summed E-state index contributed by atoms with van der Waals surface area (Å²) in [5, 5.41) is 0.619. The summed E-state index contributed by atoms with van der Waals surface area (Å²) < 4.78 is 11.6. The number of ether oxygens (including phenoxy) is 2. The van der Waals surface area contributed by atoms with E-state index in [2.05, 4.69) is 0 Å². The van der Waals surface area contributed by atoms with Crippen LogP contribution < -0.4 is 0 Å². The maximum absolute atomic E-state index is 12.6. The molecule has 2 aliphatic rings. The first kappa shape index (κ1) is 20.0. The van der Waals surface area contributed by atoms with Crippen LogP contribution in [0.25, 0.3) is 0 Å². The maximum atomic E-state index is 12.6. The van der Waals surface area contributed by atoms with E-state index in [4.69, 9.17) is 21.1 Å². The van der Waals surface area contributed by atoms with Crippen LogP contribution in [0.5, 0.6) is 0 Å². The molecule has 2 atom stereocenters. The van der Waals surface area contributed by atoms with Gasteiger partial charge in [-0.25, -0.2) is 4.79 Å². The third-order valence-corrected chi connectivity index (χ3v) is 5.51. The SMILES string of the molecule is CC(C)(C)OC(=O)N1CCCC([C@]2(c3cccc(Cl)c3)CCCC(=O)O2)C1. The molecule has 0 N–H and O–H groups in total. The highest BCUT2D eigenvalue weighted by atomic mass is 35.5. The summed E-state index contributed by atoms with van der Waals surface area (Å²) in [6.07, 6.45) is 3.38. The van der Waals surface area contributed by atoms with Gasteiger partial charge in [0.25, 0.3) is 0 Å². The van der Waals surface area contributed by atoms with Crippen molar-refractivity contribution in [3.05, 3.63) is 34.9 Å². The lowest BCUT2D eigenvalue weighted by molar-refractivity contribution is -0.181. The highest BCUT2D eigenvalue weighted by molar-refractivity contribution is 6.30. The molecular formula is C21H28ClNO4. The number of carbonyl (C=O) groups is 2. The molecule has 1 aromatic carbocycles. The number of hydrogen-bond acceptors (Lipinski definition) is 4. The number of hydrogen-bond donors (Lipinski definition) is 0. The Morgan fingerprint density at radius 1 is 1.33 bits per heavy atom. The van der Waals surface area contributed by atoms with Crippen LogP contribution in [0.15, 0.2) is 24.3 Å². The van der Waals surface area contributed by atoms with E-state index >= 15 is 0 Å². The van der Waals surface area contributed by atoms with Crippen LogP contribution in [0.3, 0.4) is 0 Å². The molecule has 2 fully saturated rings. The van der Waals surface area contributed by atoms with Crippen LogP contribution in [0.1, 0.15) is 58.4 Å². The molecule has 2 aliphatic heterocycles. The van der Waals surface area contributed by atoms with E-state index in [0.29, 0.717) is 24.5 Å². The van der Waals surface area contributed by atoms with Gasteiger partial charge in [-0.15, -0.1) is 0 Å². The predicted molar refractivity (Wildman–Crippen MR) is 104 cm³/mol. The third-order valence-electron chi connectivity index (χ3n) is 5.27. The average molecular weight is 394 g/mol. The predicted octanol–water partition coefficient (Wildman–Crippen LogP) is 4.91. The second-order valence-corrected chi connectivity index (χ2v) is 8.93. The van der Waals surface area contributed by atoms with Crippen LogP contribution in [0.2, 0.25) is 5.02 Å². The number of amides is 1.